The molecule has 1 rings (SSSR count). The van der Waals surface area contributed by atoms with E-state index >= 15 is 0 Å². The molecular formula is C10H17N3O2S. The summed E-state index contributed by atoms with van der Waals surface area (Å²) in [5.74, 6) is -0.178. The van der Waals surface area contributed by atoms with Crippen molar-refractivity contribution < 1.29 is 9.53 Å². The number of nitrogens with one attached hydrogen (secondary N) is 1. The molecule has 0 radical (unpaired) electrons. The van der Waals surface area contributed by atoms with Crippen molar-refractivity contribution in [2.45, 2.75) is 26.5 Å². The van der Waals surface area contributed by atoms with Crippen LogP contribution >= 0.6 is 11.3 Å². The van der Waals surface area contributed by atoms with Crippen LogP contribution in [0.2, 0.25) is 0 Å². The number of aromatic nitrogens is 1. The van der Waals surface area contributed by atoms with Gasteiger partial charge in [-0.2, -0.15) is 0 Å². The first-order chi connectivity index (χ1) is 7.67. The molecule has 90 valence electrons. The molecule has 1 aromatic heterocycles. The Kier molecular flexibility index (Phi) is 5.37. The molecule has 1 aromatic rings. The SMILES string of the molecule is CCOC(C)CNC(=O)c1csc(CN)n1. The first-order valence-electron chi connectivity index (χ1n) is 5.21. The van der Waals surface area contributed by atoms with Crippen molar-refractivity contribution in [3.05, 3.63) is 16.1 Å². The zero-order valence-electron chi connectivity index (χ0n) is 9.53. The van der Waals surface area contributed by atoms with Gasteiger partial charge in [-0.05, 0) is 13.8 Å². The van der Waals surface area contributed by atoms with Crippen LogP contribution in [0.4, 0.5) is 0 Å². The lowest BCUT2D eigenvalue weighted by molar-refractivity contribution is 0.0693. The molecule has 16 heavy (non-hydrogen) atoms. The number of nitrogens with zero attached hydrogens (tertiary/aromatic N) is 1. The number of ether oxygens (including phenoxy) is 1. The first-order valence-corrected chi connectivity index (χ1v) is 6.09. The Morgan fingerprint density at radius 3 is 3.06 bits per heavy atom. The number of amides is 1. The van der Waals surface area contributed by atoms with Gasteiger partial charge in [0.2, 0.25) is 0 Å². The second kappa shape index (κ2) is 6.57. The van der Waals surface area contributed by atoms with Crippen LogP contribution in [0.3, 0.4) is 0 Å². The van der Waals surface area contributed by atoms with Gasteiger partial charge in [0.05, 0.1) is 6.10 Å². The van der Waals surface area contributed by atoms with Crippen molar-refractivity contribution >= 4 is 17.2 Å². The number of hydrogen-bond acceptors (Lipinski definition) is 5. The van der Waals surface area contributed by atoms with E-state index in [0.29, 0.717) is 25.4 Å². The third-order valence-corrected chi connectivity index (χ3v) is 2.83. The summed E-state index contributed by atoms with van der Waals surface area (Å²) in [4.78, 5) is 15.7. The molecule has 1 unspecified atom stereocenters. The van der Waals surface area contributed by atoms with E-state index in [-0.39, 0.29) is 12.0 Å². The number of carbonyl (C=O) groups excluding carboxylic acids is 1. The molecule has 0 spiro atoms. The molecule has 0 saturated heterocycles. The van der Waals surface area contributed by atoms with Gasteiger partial charge in [-0.3, -0.25) is 4.79 Å². The van der Waals surface area contributed by atoms with Gasteiger partial charge in [-0.1, -0.05) is 0 Å². The van der Waals surface area contributed by atoms with Crippen molar-refractivity contribution in [2.24, 2.45) is 5.73 Å². The number of hydrogen-bond donors (Lipinski definition) is 2. The highest BCUT2D eigenvalue weighted by molar-refractivity contribution is 7.09. The first kappa shape index (κ1) is 13.1. The Morgan fingerprint density at radius 1 is 1.75 bits per heavy atom. The summed E-state index contributed by atoms with van der Waals surface area (Å²) in [5, 5.41) is 5.24. The van der Waals surface area contributed by atoms with Gasteiger partial charge in [0.25, 0.3) is 5.91 Å². The standard InChI is InChI=1S/C10H17N3O2S/c1-3-15-7(2)5-12-10(14)8-6-16-9(4-11)13-8/h6-7H,3-5,11H2,1-2H3,(H,12,14). The molecule has 1 amide bonds. The third-order valence-electron chi connectivity index (χ3n) is 1.96. The fourth-order valence-corrected chi connectivity index (χ4v) is 1.83. The van der Waals surface area contributed by atoms with Crippen LogP contribution in [0.5, 0.6) is 0 Å². The molecule has 0 aliphatic carbocycles. The minimum Gasteiger partial charge on any atom is -0.377 e. The summed E-state index contributed by atoms with van der Waals surface area (Å²) >= 11 is 1.39. The minimum absolute atomic E-state index is 0.0153. The van der Waals surface area contributed by atoms with E-state index in [0.717, 1.165) is 5.01 Å². The summed E-state index contributed by atoms with van der Waals surface area (Å²) < 4.78 is 5.30. The van der Waals surface area contributed by atoms with E-state index in [9.17, 15) is 4.79 Å². The summed E-state index contributed by atoms with van der Waals surface area (Å²) in [6.07, 6.45) is 0.0153. The van der Waals surface area contributed by atoms with E-state index in [4.69, 9.17) is 10.5 Å². The largest absolute Gasteiger partial charge is 0.377 e. The maximum Gasteiger partial charge on any atom is 0.270 e. The maximum atomic E-state index is 11.6. The molecule has 0 bridgehead atoms. The summed E-state index contributed by atoms with van der Waals surface area (Å²) in [6.45, 7) is 5.34. The molecule has 1 heterocycles. The van der Waals surface area contributed by atoms with Gasteiger partial charge in [-0.25, -0.2) is 4.98 Å². The Balaban J connectivity index is 2.40. The Hall–Kier alpha value is -0.980. The lowest BCUT2D eigenvalue weighted by Gasteiger charge is -2.11. The predicted octanol–water partition coefficient (Wildman–Crippen LogP) is 0.757. The second-order valence-corrected chi connectivity index (χ2v) is 4.25. The highest BCUT2D eigenvalue weighted by Crippen LogP contribution is 2.08. The molecule has 6 heteroatoms. The Morgan fingerprint density at radius 2 is 2.50 bits per heavy atom. The van der Waals surface area contributed by atoms with E-state index in [1.54, 1.807) is 5.38 Å². The number of nitrogens with two attached hydrogens (primary N) is 1. The summed E-state index contributed by atoms with van der Waals surface area (Å²) in [6, 6.07) is 0. The molecule has 1 atom stereocenters. The van der Waals surface area contributed by atoms with Gasteiger partial charge >= 0.3 is 0 Å². The zero-order chi connectivity index (χ0) is 12.0. The second-order valence-electron chi connectivity index (χ2n) is 3.31. The highest BCUT2D eigenvalue weighted by atomic mass is 32.1. The van der Waals surface area contributed by atoms with Crippen LogP contribution in [0.15, 0.2) is 5.38 Å². The molecule has 5 nitrogen and oxygen atoms in total. The lowest BCUT2D eigenvalue weighted by Crippen LogP contribution is -2.32. The highest BCUT2D eigenvalue weighted by Gasteiger charge is 2.11. The molecule has 0 saturated carbocycles. The van der Waals surface area contributed by atoms with Crippen LogP contribution in [0.25, 0.3) is 0 Å². The zero-order valence-corrected chi connectivity index (χ0v) is 10.3. The Bertz CT molecular complexity index is 341. The summed E-state index contributed by atoms with van der Waals surface area (Å²) in [5.41, 5.74) is 5.85. The van der Waals surface area contributed by atoms with E-state index in [1.807, 2.05) is 13.8 Å². The molecule has 3 N–H and O–H groups in total. The average molecular weight is 243 g/mol. The molecular weight excluding hydrogens is 226 g/mol. The van der Waals surface area contributed by atoms with Gasteiger partial charge in [0, 0.05) is 25.1 Å². The number of thiazole rings is 1. The summed E-state index contributed by atoms with van der Waals surface area (Å²) in [7, 11) is 0. The van der Waals surface area contributed by atoms with Gasteiger partial charge in [0.15, 0.2) is 0 Å². The Labute approximate surface area is 99.0 Å². The molecule has 0 aliphatic rings. The van der Waals surface area contributed by atoms with Crippen LogP contribution < -0.4 is 11.1 Å². The maximum absolute atomic E-state index is 11.6. The lowest BCUT2D eigenvalue weighted by atomic mass is 10.3. The smallest absolute Gasteiger partial charge is 0.270 e. The van der Waals surface area contributed by atoms with Crippen molar-refractivity contribution in [2.75, 3.05) is 13.2 Å². The van der Waals surface area contributed by atoms with Crippen molar-refractivity contribution in [3.63, 3.8) is 0 Å². The normalized spacial score (nSPS) is 12.4. The molecule has 0 aromatic carbocycles. The van der Waals surface area contributed by atoms with Crippen molar-refractivity contribution in [3.8, 4) is 0 Å². The van der Waals surface area contributed by atoms with Crippen LogP contribution in [-0.2, 0) is 11.3 Å². The minimum atomic E-state index is -0.178. The topological polar surface area (TPSA) is 77.2 Å². The van der Waals surface area contributed by atoms with Crippen LogP contribution in [-0.4, -0.2) is 30.1 Å². The van der Waals surface area contributed by atoms with Crippen LogP contribution in [0.1, 0.15) is 29.3 Å². The van der Waals surface area contributed by atoms with E-state index in [1.165, 1.54) is 11.3 Å². The average Bonchev–Trinajstić information content (AvgIpc) is 2.75. The van der Waals surface area contributed by atoms with Gasteiger partial charge < -0.3 is 15.8 Å². The van der Waals surface area contributed by atoms with E-state index < -0.39 is 0 Å². The predicted molar refractivity (Wildman–Crippen MR) is 63.4 cm³/mol. The van der Waals surface area contributed by atoms with E-state index in [2.05, 4.69) is 10.3 Å². The van der Waals surface area contributed by atoms with Crippen molar-refractivity contribution in [1.82, 2.24) is 10.3 Å². The number of carbonyl (C=O) groups is 1. The number of rotatable bonds is 6. The fraction of sp³-hybridized carbons (Fsp3) is 0.600. The third kappa shape index (κ3) is 3.88. The van der Waals surface area contributed by atoms with Gasteiger partial charge in [-0.15, -0.1) is 11.3 Å². The molecule has 0 fully saturated rings. The van der Waals surface area contributed by atoms with Crippen LogP contribution in [0, 0.1) is 0 Å². The van der Waals surface area contributed by atoms with Crippen molar-refractivity contribution in [1.29, 1.82) is 0 Å². The fourth-order valence-electron chi connectivity index (χ4n) is 1.18. The quantitative estimate of drug-likeness (QED) is 0.773. The molecule has 0 aliphatic heterocycles. The van der Waals surface area contributed by atoms with Gasteiger partial charge in [0.1, 0.15) is 10.7 Å². The monoisotopic (exact) mass is 243 g/mol.